The van der Waals surface area contributed by atoms with Crippen LogP contribution in [0.25, 0.3) is 11.4 Å². The second-order valence-corrected chi connectivity index (χ2v) is 7.42. The van der Waals surface area contributed by atoms with Crippen molar-refractivity contribution >= 4 is 10.0 Å². The number of sulfonamides is 1. The Bertz CT molecular complexity index is 932. The Morgan fingerprint density at radius 3 is 2.72 bits per heavy atom. The van der Waals surface area contributed by atoms with Crippen molar-refractivity contribution in [2.45, 2.75) is 31.5 Å². The molecule has 132 valence electrons. The molecule has 3 aromatic rings. The highest BCUT2D eigenvalue weighted by Crippen LogP contribution is 2.12. The van der Waals surface area contributed by atoms with Gasteiger partial charge in [-0.3, -0.25) is 14.6 Å². The summed E-state index contributed by atoms with van der Waals surface area (Å²) in [4.78, 5) is 12.1. The van der Waals surface area contributed by atoms with Crippen molar-refractivity contribution < 1.29 is 8.42 Å². The van der Waals surface area contributed by atoms with Gasteiger partial charge in [-0.1, -0.05) is 0 Å². The van der Waals surface area contributed by atoms with Gasteiger partial charge >= 0.3 is 0 Å². The molecule has 0 atom stereocenters. The number of rotatable bonds is 7. The maximum atomic E-state index is 12.3. The Hall–Kier alpha value is -2.59. The molecule has 0 aliphatic carbocycles. The molecule has 0 saturated heterocycles. The summed E-state index contributed by atoms with van der Waals surface area (Å²) in [6.07, 6.45) is 9.62. The summed E-state index contributed by atoms with van der Waals surface area (Å²) in [5.74, 6) is 0. The van der Waals surface area contributed by atoms with E-state index in [2.05, 4.69) is 24.8 Å². The maximum absolute atomic E-state index is 12.3. The lowest BCUT2D eigenvalue weighted by molar-refractivity contribution is 0.558. The molecule has 3 aromatic heterocycles. The van der Waals surface area contributed by atoms with Crippen LogP contribution in [0.5, 0.6) is 0 Å². The molecular weight excluding hydrogens is 342 g/mol. The monoisotopic (exact) mass is 361 g/mol. The first-order valence-corrected chi connectivity index (χ1v) is 9.27. The molecule has 3 rings (SSSR count). The van der Waals surface area contributed by atoms with Crippen LogP contribution < -0.4 is 4.72 Å². The van der Waals surface area contributed by atoms with Gasteiger partial charge in [-0.15, -0.1) is 0 Å². The first kappa shape index (κ1) is 17.2. The zero-order valence-electron chi connectivity index (χ0n) is 13.9. The van der Waals surface area contributed by atoms with Crippen molar-refractivity contribution in [3.63, 3.8) is 0 Å². The van der Waals surface area contributed by atoms with Crippen LogP contribution in [-0.2, 0) is 16.6 Å². The summed E-state index contributed by atoms with van der Waals surface area (Å²) in [5.41, 5.74) is 1.35. The van der Waals surface area contributed by atoms with E-state index in [0.717, 1.165) is 0 Å². The lowest BCUT2D eigenvalue weighted by Crippen LogP contribution is -2.27. The minimum absolute atomic E-state index is 0.0157. The number of imidazole rings is 1. The second kappa shape index (κ2) is 7.11. The van der Waals surface area contributed by atoms with E-state index >= 15 is 0 Å². The van der Waals surface area contributed by atoms with Gasteiger partial charge in [-0.2, -0.15) is 5.10 Å². The molecule has 10 heteroatoms. The molecular formula is C15H19N7O2S. The summed E-state index contributed by atoms with van der Waals surface area (Å²) in [5, 5.41) is 4.38. The molecule has 0 spiro atoms. The van der Waals surface area contributed by atoms with Crippen molar-refractivity contribution in [1.29, 1.82) is 0 Å². The van der Waals surface area contributed by atoms with Crippen LogP contribution in [0.15, 0.2) is 48.4 Å². The Labute approximate surface area is 145 Å². The van der Waals surface area contributed by atoms with Crippen LogP contribution in [-0.4, -0.2) is 44.3 Å². The summed E-state index contributed by atoms with van der Waals surface area (Å²) in [7, 11) is -3.63. The van der Waals surface area contributed by atoms with E-state index in [1.54, 1.807) is 34.0 Å². The highest BCUT2D eigenvalue weighted by molar-refractivity contribution is 7.89. The molecule has 25 heavy (non-hydrogen) atoms. The Morgan fingerprint density at radius 1 is 1.20 bits per heavy atom. The predicted octanol–water partition coefficient (Wildman–Crippen LogP) is 1.10. The number of nitrogens with zero attached hydrogens (tertiary/aromatic N) is 6. The average molecular weight is 361 g/mol. The zero-order valence-corrected chi connectivity index (χ0v) is 14.8. The zero-order chi connectivity index (χ0) is 17.9. The van der Waals surface area contributed by atoms with Gasteiger partial charge in [0.1, 0.15) is 11.4 Å². The van der Waals surface area contributed by atoms with E-state index < -0.39 is 10.0 Å². The topological polar surface area (TPSA) is 108 Å². The summed E-state index contributed by atoms with van der Waals surface area (Å²) >= 11 is 0. The summed E-state index contributed by atoms with van der Waals surface area (Å²) < 4.78 is 30.4. The van der Waals surface area contributed by atoms with Crippen LogP contribution in [0.4, 0.5) is 0 Å². The molecule has 0 fully saturated rings. The predicted molar refractivity (Wildman–Crippen MR) is 91.1 cm³/mol. The smallest absolute Gasteiger partial charge is 0.259 e. The highest BCUT2D eigenvalue weighted by Gasteiger charge is 2.17. The summed E-state index contributed by atoms with van der Waals surface area (Å²) in [6.45, 7) is 4.51. The van der Waals surface area contributed by atoms with Gasteiger partial charge < -0.3 is 4.57 Å². The fraction of sp³-hybridized carbons (Fsp3) is 0.333. The lowest BCUT2D eigenvalue weighted by Gasteiger charge is -2.06. The van der Waals surface area contributed by atoms with E-state index in [9.17, 15) is 8.42 Å². The van der Waals surface area contributed by atoms with Crippen molar-refractivity contribution in [2.75, 3.05) is 6.54 Å². The standard InChI is InChI=1S/C15H19N7O2S/c1-12(2)21-10-15(18-11-21)25(23,24)19-6-8-22-7-3-13(20-22)14-9-16-4-5-17-14/h3-5,7,9-12,19H,6,8H2,1-2H3. The van der Waals surface area contributed by atoms with Crippen LogP contribution in [0.1, 0.15) is 19.9 Å². The lowest BCUT2D eigenvalue weighted by atomic mass is 10.3. The SMILES string of the molecule is CC(C)n1cnc(S(=O)(=O)NCCn2ccc(-c3cnccn3)n2)c1. The van der Waals surface area contributed by atoms with Gasteiger partial charge in [0.05, 0.1) is 19.1 Å². The van der Waals surface area contributed by atoms with Gasteiger partial charge in [0.15, 0.2) is 5.03 Å². The molecule has 9 nitrogen and oxygen atoms in total. The molecule has 0 aromatic carbocycles. The van der Waals surface area contributed by atoms with Crippen molar-refractivity contribution in [1.82, 2.24) is 34.0 Å². The fourth-order valence-electron chi connectivity index (χ4n) is 2.16. The maximum Gasteiger partial charge on any atom is 0.259 e. The molecule has 0 radical (unpaired) electrons. The number of aromatic nitrogens is 6. The normalized spacial score (nSPS) is 12.0. The molecule has 1 N–H and O–H groups in total. The quantitative estimate of drug-likeness (QED) is 0.675. The number of hydrogen-bond acceptors (Lipinski definition) is 6. The third-order valence-corrected chi connectivity index (χ3v) is 4.89. The van der Waals surface area contributed by atoms with E-state index in [1.807, 2.05) is 19.9 Å². The molecule has 0 bridgehead atoms. The van der Waals surface area contributed by atoms with Crippen LogP contribution >= 0.6 is 0 Å². The fourth-order valence-corrected chi connectivity index (χ4v) is 3.12. The molecule has 3 heterocycles. The van der Waals surface area contributed by atoms with E-state index in [-0.39, 0.29) is 17.6 Å². The largest absolute Gasteiger partial charge is 0.334 e. The van der Waals surface area contributed by atoms with Crippen molar-refractivity contribution in [3.8, 4) is 11.4 Å². The third kappa shape index (κ3) is 4.09. The first-order valence-electron chi connectivity index (χ1n) is 7.79. The van der Waals surface area contributed by atoms with Crippen molar-refractivity contribution in [2.24, 2.45) is 0 Å². The molecule has 0 unspecified atom stereocenters. The first-order chi connectivity index (χ1) is 12.0. The second-order valence-electron chi connectivity index (χ2n) is 5.71. The van der Waals surface area contributed by atoms with E-state index in [1.165, 1.54) is 12.5 Å². The number of hydrogen-bond donors (Lipinski definition) is 1. The molecule has 0 aliphatic heterocycles. The Kier molecular flexibility index (Phi) is 4.91. The third-order valence-electron chi connectivity index (χ3n) is 3.55. The summed E-state index contributed by atoms with van der Waals surface area (Å²) in [6, 6.07) is 1.96. The van der Waals surface area contributed by atoms with Crippen LogP contribution in [0, 0.1) is 0 Å². The van der Waals surface area contributed by atoms with Crippen LogP contribution in [0.2, 0.25) is 0 Å². The Morgan fingerprint density at radius 2 is 2.04 bits per heavy atom. The minimum atomic E-state index is -3.63. The van der Waals surface area contributed by atoms with E-state index in [4.69, 9.17) is 0 Å². The Balaban J connectivity index is 1.60. The van der Waals surface area contributed by atoms with Gasteiger partial charge in [-0.25, -0.2) is 18.1 Å². The van der Waals surface area contributed by atoms with E-state index in [0.29, 0.717) is 17.9 Å². The van der Waals surface area contributed by atoms with Gasteiger partial charge in [0, 0.05) is 37.4 Å². The minimum Gasteiger partial charge on any atom is -0.334 e. The molecule has 0 saturated carbocycles. The van der Waals surface area contributed by atoms with Gasteiger partial charge in [-0.05, 0) is 19.9 Å². The molecule has 0 aliphatic rings. The average Bonchev–Trinajstić information content (AvgIpc) is 3.25. The van der Waals surface area contributed by atoms with Crippen LogP contribution in [0.3, 0.4) is 0 Å². The highest BCUT2D eigenvalue weighted by atomic mass is 32.2. The van der Waals surface area contributed by atoms with Gasteiger partial charge in [0.25, 0.3) is 10.0 Å². The van der Waals surface area contributed by atoms with Gasteiger partial charge in [0.2, 0.25) is 0 Å². The molecule has 0 amide bonds. The van der Waals surface area contributed by atoms with Crippen molar-refractivity contribution in [3.05, 3.63) is 43.4 Å². The number of nitrogens with one attached hydrogen (secondary N) is 1.